The largest absolute Gasteiger partial charge is 0.478 e. The van der Waals surface area contributed by atoms with Gasteiger partial charge in [0.1, 0.15) is 5.54 Å². The minimum atomic E-state index is -1.01. The molecule has 146 valence electrons. The summed E-state index contributed by atoms with van der Waals surface area (Å²) in [5.41, 5.74) is 0.438. The first-order valence-corrected chi connectivity index (χ1v) is 9.13. The number of carboxylic acids is 1. The van der Waals surface area contributed by atoms with Gasteiger partial charge in [0, 0.05) is 18.8 Å². The van der Waals surface area contributed by atoms with E-state index >= 15 is 0 Å². The number of anilines is 1. The van der Waals surface area contributed by atoms with Gasteiger partial charge in [-0.05, 0) is 70.7 Å². The topological polar surface area (TPSA) is 93.2 Å². The van der Waals surface area contributed by atoms with Gasteiger partial charge in [-0.1, -0.05) is 0 Å². The number of rotatable bonds is 5. The molecule has 1 aromatic carbocycles. The van der Waals surface area contributed by atoms with Crippen molar-refractivity contribution < 1.29 is 19.5 Å². The van der Waals surface area contributed by atoms with Crippen molar-refractivity contribution in [3.8, 4) is 0 Å². The average Bonchev–Trinajstić information content (AvgIpc) is 2.80. The zero-order valence-electron chi connectivity index (χ0n) is 16.0. The van der Waals surface area contributed by atoms with Crippen LogP contribution in [0.5, 0.6) is 0 Å². The molecule has 1 spiro atoms. The lowest BCUT2D eigenvalue weighted by molar-refractivity contribution is -0.131. The number of nitrogens with zero attached hydrogens (tertiary/aromatic N) is 3. The number of imide groups is 1. The maximum atomic E-state index is 13.3. The second kappa shape index (κ2) is 7.28. The van der Waals surface area contributed by atoms with Gasteiger partial charge in [0.2, 0.25) is 0 Å². The normalized spacial score (nSPS) is 19.4. The highest BCUT2D eigenvalue weighted by molar-refractivity contribution is 6.17. The van der Waals surface area contributed by atoms with E-state index in [1.165, 1.54) is 11.0 Å². The number of carbonyl (C=O) groups excluding carboxylic acids is 2. The predicted molar refractivity (Wildman–Crippen MR) is 101 cm³/mol. The highest BCUT2D eigenvalue weighted by atomic mass is 16.4. The molecule has 0 bridgehead atoms. The van der Waals surface area contributed by atoms with Crippen LogP contribution >= 0.6 is 0 Å². The van der Waals surface area contributed by atoms with Crippen molar-refractivity contribution in [1.29, 1.82) is 0 Å². The Balaban J connectivity index is 2.02. The van der Waals surface area contributed by atoms with Crippen molar-refractivity contribution in [1.82, 2.24) is 15.1 Å². The average molecular weight is 374 g/mol. The lowest BCUT2D eigenvalue weighted by Crippen LogP contribution is -2.56. The fraction of sp³-hybridized carbons (Fsp3) is 0.526. The van der Waals surface area contributed by atoms with Gasteiger partial charge >= 0.3 is 12.0 Å². The molecule has 0 unspecified atom stereocenters. The van der Waals surface area contributed by atoms with Crippen molar-refractivity contribution >= 4 is 23.6 Å². The van der Waals surface area contributed by atoms with E-state index in [1.54, 1.807) is 24.0 Å². The third-order valence-corrected chi connectivity index (χ3v) is 5.39. The van der Waals surface area contributed by atoms with Gasteiger partial charge in [-0.3, -0.25) is 14.6 Å². The number of amides is 3. The van der Waals surface area contributed by atoms with Gasteiger partial charge in [0.15, 0.2) is 0 Å². The van der Waals surface area contributed by atoms with Crippen LogP contribution in [0.25, 0.3) is 0 Å². The van der Waals surface area contributed by atoms with E-state index in [-0.39, 0.29) is 17.5 Å². The monoisotopic (exact) mass is 374 g/mol. The molecule has 3 amide bonds. The lowest BCUT2D eigenvalue weighted by atomic mass is 9.86. The third-order valence-electron chi connectivity index (χ3n) is 5.39. The standard InChI is InChI=1S/C19H26N4O4/c1-13-12-14(4-5-15(13)16(24)25)23-18(27)22(11-10-21(2)3)17(26)19(23)6-8-20-9-7-19/h4-5,12,20H,6-11H2,1-3H3,(H,24,25). The first-order valence-electron chi connectivity index (χ1n) is 9.13. The summed E-state index contributed by atoms with van der Waals surface area (Å²) in [5.74, 6) is -1.16. The number of urea groups is 1. The molecule has 0 aliphatic carbocycles. The van der Waals surface area contributed by atoms with E-state index in [0.717, 1.165) is 0 Å². The number of nitrogens with one attached hydrogen (secondary N) is 1. The van der Waals surface area contributed by atoms with E-state index in [2.05, 4.69) is 5.32 Å². The van der Waals surface area contributed by atoms with Crippen molar-refractivity contribution in [2.75, 3.05) is 45.2 Å². The smallest absolute Gasteiger partial charge is 0.335 e. The highest BCUT2D eigenvalue weighted by Gasteiger charge is 2.57. The van der Waals surface area contributed by atoms with Crippen LogP contribution < -0.4 is 10.2 Å². The number of piperidine rings is 1. The molecular weight excluding hydrogens is 348 g/mol. The summed E-state index contributed by atoms with van der Waals surface area (Å²) in [6, 6.07) is 4.49. The molecule has 2 aliphatic heterocycles. The summed E-state index contributed by atoms with van der Waals surface area (Å²) in [4.78, 5) is 42.7. The molecule has 2 N–H and O–H groups in total. The first kappa shape index (κ1) is 19.3. The quantitative estimate of drug-likeness (QED) is 0.751. The van der Waals surface area contributed by atoms with Crippen LogP contribution in [-0.4, -0.2) is 78.6 Å². The minimum Gasteiger partial charge on any atom is -0.478 e. The molecule has 0 radical (unpaired) electrons. The molecule has 1 aromatic rings. The zero-order chi connectivity index (χ0) is 19.8. The van der Waals surface area contributed by atoms with Gasteiger partial charge in [0.05, 0.1) is 5.56 Å². The molecule has 2 fully saturated rings. The summed E-state index contributed by atoms with van der Waals surface area (Å²) < 4.78 is 0. The van der Waals surface area contributed by atoms with E-state index in [0.29, 0.717) is 50.3 Å². The van der Waals surface area contributed by atoms with Crippen molar-refractivity contribution in [3.63, 3.8) is 0 Å². The van der Waals surface area contributed by atoms with Crippen LogP contribution in [0.3, 0.4) is 0 Å². The van der Waals surface area contributed by atoms with Crippen molar-refractivity contribution in [2.24, 2.45) is 0 Å². The van der Waals surface area contributed by atoms with E-state index in [1.807, 2.05) is 19.0 Å². The minimum absolute atomic E-state index is 0.157. The highest BCUT2D eigenvalue weighted by Crippen LogP contribution is 2.39. The van der Waals surface area contributed by atoms with Crippen LogP contribution in [0, 0.1) is 6.92 Å². The molecule has 2 aliphatic rings. The van der Waals surface area contributed by atoms with Crippen LogP contribution in [-0.2, 0) is 4.79 Å². The lowest BCUT2D eigenvalue weighted by Gasteiger charge is -2.38. The molecule has 3 rings (SSSR count). The second-order valence-electron chi connectivity index (χ2n) is 7.46. The molecule has 0 saturated carbocycles. The van der Waals surface area contributed by atoms with Gasteiger partial charge in [-0.2, -0.15) is 0 Å². The molecule has 2 saturated heterocycles. The SMILES string of the molecule is Cc1cc(N2C(=O)N(CCN(C)C)C(=O)C23CCNCC3)ccc1C(=O)O. The Bertz CT molecular complexity index is 771. The number of hydrogen-bond donors (Lipinski definition) is 2. The zero-order valence-corrected chi connectivity index (χ0v) is 16.0. The number of carboxylic acid groups (broad SMARTS) is 1. The fourth-order valence-electron chi connectivity index (χ4n) is 3.90. The number of aryl methyl sites for hydroxylation is 1. The molecule has 2 heterocycles. The van der Waals surface area contributed by atoms with Crippen LogP contribution in [0.2, 0.25) is 0 Å². The Hall–Kier alpha value is -2.45. The van der Waals surface area contributed by atoms with E-state index < -0.39 is 11.5 Å². The number of hydrogen-bond acceptors (Lipinski definition) is 5. The summed E-state index contributed by atoms with van der Waals surface area (Å²) in [7, 11) is 3.80. The molecule has 8 nitrogen and oxygen atoms in total. The number of likely N-dealkylation sites (N-methyl/N-ethyl adjacent to an activating group) is 1. The maximum absolute atomic E-state index is 13.3. The first-order chi connectivity index (χ1) is 12.8. The van der Waals surface area contributed by atoms with Crippen LogP contribution in [0.15, 0.2) is 18.2 Å². The number of carbonyl (C=O) groups is 3. The Labute approximate surface area is 158 Å². The number of benzene rings is 1. The maximum Gasteiger partial charge on any atom is 0.335 e. The Morgan fingerprint density at radius 1 is 1.26 bits per heavy atom. The molecule has 0 atom stereocenters. The summed E-state index contributed by atoms with van der Waals surface area (Å²) in [6.07, 6.45) is 1.07. The van der Waals surface area contributed by atoms with Gasteiger partial charge in [-0.25, -0.2) is 9.59 Å². The van der Waals surface area contributed by atoms with Crippen LogP contribution in [0.1, 0.15) is 28.8 Å². The second-order valence-corrected chi connectivity index (χ2v) is 7.46. The van der Waals surface area contributed by atoms with E-state index in [9.17, 15) is 19.5 Å². The number of aromatic carboxylic acids is 1. The van der Waals surface area contributed by atoms with Gasteiger partial charge in [-0.15, -0.1) is 0 Å². The predicted octanol–water partition coefficient (Wildman–Crippen LogP) is 1.15. The molecule has 0 aromatic heterocycles. The van der Waals surface area contributed by atoms with Crippen molar-refractivity contribution in [3.05, 3.63) is 29.3 Å². The molecular formula is C19H26N4O4. The summed E-state index contributed by atoms with van der Waals surface area (Å²) >= 11 is 0. The Morgan fingerprint density at radius 2 is 1.93 bits per heavy atom. The van der Waals surface area contributed by atoms with Crippen LogP contribution in [0.4, 0.5) is 10.5 Å². The van der Waals surface area contributed by atoms with Crippen molar-refractivity contribution in [2.45, 2.75) is 25.3 Å². The van der Waals surface area contributed by atoms with Gasteiger partial charge in [0.25, 0.3) is 5.91 Å². The fourth-order valence-corrected chi connectivity index (χ4v) is 3.90. The molecule has 8 heteroatoms. The van der Waals surface area contributed by atoms with E-state index in [4.69, 9.17) is 0 Å². The third kappa shape index (κ3) is 3.30. The Morgan fingerprint density at radius 3 is 2.48 bits per heavy atom. The van der Waals surface area contributed by atoms with Gasteiger partial charge < -0.3 is 15.3 Å². The summed E-state index contributed by atoms with van der Waals surface area (Å²) in [5, 5.41) is 12.5. The Kier molecular flexibility index (Phi) is 5.21. The molecule has 27 heavy (non-hydrogen) atoms. The summed E-state index contributed by atoms with van der Waals surface area (Å²) in [6.45, 7) is 3.94.